The van der Waals surface area contributed by atoms with Gasteiger partial charge in [0.15, 0.2) is 5.76 Å². The van der Waals surface area contributed by atoms with Crippen LogP contribution < -0.4 is 5.32 Å². The van der Waals surface area contributed by atoms with Gasteiger partial charge in [0.2, 0.25) is 5.91 Å². The van der Waals surface area contributed by atoms with E-state index >= 15 is 0 Å². The first-order chi connectivity index (χ1) is 15.1. The Hall–Kier alpha value is -3.91. The smallest absolute Gasteiger partial charge is 0.271 e. The number of hydrogen-bond acceptors (Lipinski definition) is 6. The second-order valence-electron chi connectivity index (χ2n) is 6.53. The summed E-state index contributed by atoms with van der Waals surface area (Å²) in [4.78, 5) is 27.3. The number of hydrogen-bond donors (Lipinski definition) is 1. The fraction of sp³-hybridized carbons (Fsp3) is 0.0435. The van der Waals surface area contributed by atoms with Gasteiger partial charge < -0.3 is 9.73 Å². The summed E-state index contributed by atoms with van der Waals surface area (Å²) in [6.07, 6.45) is 0. The number of nitro benzene ring substituents is 1. The van der Waals surface area contributed by atoms with Crippen molar-refractivity contribution >= 4 is 29.0 Å². The van der Waals surface area contributed by atoms with Crippen LogP contribution in [-0.4, -0.2) is 21.6 Å². The second-order valence-corrected chi connectivity index (χ2v) is 7.46. The molecule has 4 aromatic rings. The third kappa shape index (κ3) is 4.99. The highest BCUT2D eigenvalue weighted by Gasteiger charge is 2.18. The van der Waals surface area contributed by atoms with Gasteiger partial charge in [-0.3, -0.25) is 14.9 Å². The topological polar surface area (TPSA) is 98.3 Å². The van der Waals surface area contributed by atoms with Crippen LogP contribution >= 0.6 is 11.8 Å². The fourth-order valence-corrected chi connectivity index (χ4v) is 3.59. The zero-order valence-corrected chi connectivity index (χ0v) is 17.0. The number of oxazole rings is 1. The van der Waals surface area contributed by atoms with E-state index in [0.717, 1.165) is 22.9 Å². The van der Waals surface area contributed by atoms with Gasteiger partial charge in [-0.15, -0.1) is 0 Å². The first-order valence-electron chi connectivity index (χ1n) is 9.39. The number of nitrogens with zero attached hydrogens (tertiary/aromatic N) is 2. The Balaban J connectivity index is 1.51. The number of aromatic nitrogens is 1. The maximum Gasteiger partial charge on any atom is 0.271 e. The van der Waals surface area contributed by atoms with Gasteiger partial charge in [-0.05, 0) is 6.07 Å². The first kappa shape index (κ1) is 20.4. The molecule has 0 bridgehead atoms. The molecule has 8 heteroatoms. The summed E-state index contributed by atoms with van der Waals surface area (Å²) < 4.78 is 5.99. The Bertz CT molecular complexity index is 1150. The summed E-state index contributed by atoms with van der Waals surface area (Å²) in [5.74, 6) is 0.366. The molecule has 1 heterocycles. The number of carbonyl (C=O) groups is 1. The zero-order chi connectivity index (χ0) is 21.6. The number of nitrogens with one attached hydrogen (secondary N) is 1. The molecule has 31 heavy (non-hydrogen) atoms. The van der Waals surface area contributed by atoms with E-state index in [1.54, 1.807) is 6.07 Å². The zero-order valence-electron chi connectivity index (χ0n) is 16.2. The molecule has 0 fully saturated rings. The van der Waals surface area contributed by atoms with E-state index in [0.29, 0.717) is 22.4 Å². The molecule has 1 N–H and O–H groups in total. The van der Waals surface area contributed by atoms with Crippen molar-refractivity contribution in [3.05, 3.63) is 95.0 Å². The van der Waals surface area contributed by atoms with Crippen LogP contribution in [0.5, 0.6) is 0 Å². The number of thioether (sulfide) groups is 1. The molecule has 0 spiro atoms. The molecule has 0 radical (unpaired) electrons. The Morgan fingerprint density at radius 1 is 0.968 bits per heavy atom. The molecule has 3 aromatic carbocycles. The number of carbonyl (C=O) groups excluding carboxylic acids is 1. The highest BCUT2D eigenvalue weighted by molar-refractivity contribution is 7.99. The minimum Gasteiger partial charge on any atom is -0.431 e. The SMILES string of the molecule is O=C(CSc1nc(-c2ccccc2)c(-c2ccccc2)o1)Nc1cccc([N+](=O)[O-])c1. The Labute approximate surface area is 182 Å². The van der Waals surface area contributed by atoms with Crippen LogP contribution in [0.2, 0.25) is 0 Å². The highest BCUT2D eigenvalue weighted by atomic mass is 32.2. The Morgan fingerprint density at radius 3 is 2.32 bits per heavy atom. The Kier molecular flexibility index (Phi) is 6.09. The van der Waals surface area contributed by atoms with Gasteiger partial charge in [-0.1, -0.05) is 78.5 Å². The molecule has 1 amide bonds. The van der Waals surface area contributed by atoms with E-state index in [2.05, 4.69) is 10.3 Å². The fourth-order valence-electron chi connectivity index (χ4n) is 2.96. The van der Waals surface area contributed by atoms with Crippen LogP contribution in [0.3, 0.4) is 0 Å². The number of nitro groups is 1. The molecule has 0 unspecified atom stereocenters. The summed E-state index contributed by atoms with van der Waals surface area (Å²) in [7, 11) is 0. The van der Waals surface area contributed by atoms with Crippen molar-refractivity contribution in [2.24, 2.45) is 0 Å². The minimum atomic E-state index is -0.507. The van der Waals surface area contributed by atoms with Crippen molar-refractivity contribution in [2.45, 2.75) is 5.22 Å². The van der Waals surface area contributed by atoms with Crippen LogP contribution in [0, 0.1) is 10.1 Å². The van der Waals surface area contributed by atoms with Crippen molar-refractivity contribution in [1.29, 1.82) is 0 Å². The average molecular weight is 431 g/mol. The van der Waals surface area contributed by atoms with Crippen molar-refractivity contribution in [1.82, 2.24) is 4.98 Å². The molecule has 0 aliphatic rings. The predicted molar refractivity (Wildman–Crippen MR) is 120 cm³/mol. The summed E-state index contributed by atoms with van der Waals surface area (Å²) in [6.45, 7) is 0. The van der Waals surface area contributed by atoms with E-state index in [4.69, 9.17) is 4.42 Å². The average Bonchev–Trinajstić information content (AvgIpc) is 3.23. The largest absolute Gasteiger partial charge is 0.431 e. The number of anilines is 1. The van der Waals surface area contributed by atoms with E-state index in [-0.39, 0.29) is 17.3 Å². The molecular weight excluding hydrogens is 414 g/mol. The molecule has 0 saturated heterocycles. The van der Waals surface area contributed by atoms with Gasteiger partial charge in [0.05, 0.1) is 10.7 Å². The van der Waals surface area contributed by atoms with Gasteiger partial charge >= 0.3 is 0 Å². The summed E-state index contributed by atoms with van der Waals surface area (Å²) in [5, 5.41) is 13.9. The third-order valence-corrected chi connectivity index (χ3v) is 5.19. The van der Waals surface area contributed by atoms with Crippen molar-refractivity contribution in [3.63, 3.8) is 0 Å². The molecule has 0 aliphatic heterocycles. The van der Waals surface area contributed by atoms with Crippen LogP contribution in [0.15, 0.2) is 94.6 Å². The lowest BCUT2D eigenvalue weighted by Gasteiger charge is -2.03. The summed E-state index contributed by atoms with van der Waals surface area (Å²) in [6, 6.07) is 25.1. The van der Waals surface area contributed by atoms with Gasteiger partial charge in [0.25, 0.3) is 10.9 Å². The molecule has 0 atom stereocenters. The third-order valence-electron chi connectivity index (χ3n) is 4.36. The lowest BCUT2D eigenvalue weighted by Crippen LogP contribution is -2.14. The number of non-ortho nitro benzene ring substituents is 1. The van der Waals surface area contributed by atoms with Crippen LogP contribution in [0.25, 0.3) is 22.6 Å². The normalized spacial score (nSPS) is 10.6. The molecule has 7 nitrogen and oxygen atoms in total. The quantitative estimate of drug-likeness (QED) is 0.231. The highest BCUT2D eigenvalue weighted by Crippen LogP contribution is 2.35. The lowest BCUT2D eigenvalue weighted by atomic mass is 10.1. The Morgan fingerprint density at radius 2 is 1.65 bits per heavy atom. The van der Waals surface area contributed by atoms with Crippen molar-refractivity contribution in [2.75, 3.05) is 11.1 Å². The molecular formula is C23H17N3O4S. The standard InChI is InChI=1S/C23H17N3O4S/c27-20(24-18-12-7-13-19(14-18)26(28)29)15-31-23-25-21(16-8-3-1-4-9-16)22(30-23)17-10-5-2-6-11-17/h1-14H,15H2,(H,24,27). The minimum absolute atomic E-state index is 0.0473. The number of rotatable bonds is 7. The van der Waals surface area contributed by atoms with E-state index in [1.165, 1.54) is 18.2 Å². The first-order valence-corrected chi connectivity index (χ1v) is 10.4. The van der Waals surface area contributed by atoms with Crippen molar-refractivity contribution < 1.29 is 14.1 Å². The van der Waals surface area contributed by atoms with Crippen LogP contribution in [0.1, 0.15) is 0 Å². The molecule has 154 valence electrons. The van der Waals surface area contributed by atoms with Gasteiger partial charge in [-0.25, -0.2) is 4.98 Å². The maximum atomic E-state index is 12.3. The monoisotopic (exact) mass is 431 g/mol. The second kappa shape index (κ2) is 9.27. The maximum absolute atomic E-state index is 12.3. The van der Waals surface area contributed by atoms with Gasteiger partial charge in [0, 0.05) is 28.9 Å². The molecule has 4 rings (SSSR count). The summed E-state index contributed by atoms with van der Waals surface area (Å²) >= 11 is 1.16. The van der Waals surface area contributed by atoms with Crippen molar-refractivity contribution in [3.8, 4) is 22.6 Å². The number of amides is 1. The van der Waals surface area contributed by atoms with E-state index in [9.17, 15) is 14.9 Å². The van der Waals surface area contributed by atoms with E-state index in [1.807, 2.05) is 60.7 Å². The lowest BCUT2D eigenvalue weighted by molar-refractivity contribution is -0.384. The molecule has 0 aliphatic carbocycles. The van der Waals surface area contributed by atoms with E-state index < -0.39 is 4.92 Å². The molecule has 0 saturated carbocycles. The van der Waals surface area contributed by atoms with Gasteiger partial charge in [0.1, 0.15) is 5.69 Å². The predicted octanol–water partition coefficient (Wildman–Crippen LogP) is 5.65. The van der Waals surface area contributed by atoms with Crippen LogP contribution in [0.4, 0.5) is 11.4 Å². The van der Waals surface area contributed by atoms with Crippen LogP contribution in [-0.2, 0) is 4.79 Å². The number of benzene rings is 3. The summed E-state index contributed by atoms with van der Waals surface area (Å²) in [5.41, 5.74) is 2.79. The molecule has 1 aromatic heterocycles. The van der Waals surface area contributed by atoms with Gasteiger partial charge in [-0.2, -0.15) is 0 Å².